The molecule has 1 aliphatic heterocycles. The van der Waals surface area contributed by atoms with Gasteiger partial charge in [0.25, 0.3) is 11.6 Å². The Morgan fingerprint density at radius 2 is 2.04 bits per heavy atom. The number of carbonyl (C=O) groups excluding carboxylic acids is 1. The third-order valence-corrected chi connectivity index (χ3v) is 4.06. The maximum atomic E-state index is 12.2. The standard InChI is InChI=1S/C16H13BrN2O5/c17-13-3-1-10(2-4-13)16(20)18-7-11-5-14(19(21)22)6-12-8-23-9-24-15(11)12/h1-6H,7-9H2,(H,18,20). The van der Waals surface area contributed by atoms with E-state index in [0.717, 1.165) is 4.47 Å². The second kappa shape index (κ2) is 6.98. The van der Waals surface area contributed by atoms with Gasteiger partial charge in [-0.3, -0.25) is 14.9 Å². The van der Waals surface area contributed by atoms with Gasteiger partial charge in [0.15, 0.2) is 6.79 Å². The van der Waals surface area contributed by atoms with Crippen molar-refractivity contribution in [2.75, 3.05) is 6.79 Å². The van der Waals surface area contributed by atoms with E-state index < -0.39 is 4.92 Å². The summed E-state index contributed by atoms with van der Waals surface area (Å²) in [6.45, 7) is 0.446. The number of hydrogen-bond acceptors (Lipinski definition) is 5. The molecule has 0 aliphatic carbocycles. The summed E-state index contributed by atoms with van der Waals surface area (Å²) in [5.74, 6) is 0.262. The number of halogens is 1. The first-order valence-corrected chi connectivity index (χ1v) is 7.88. The maximum Gasteiger partial charge on any atom is 0.270 e. The number of amides is 1. The lowest BCUT2D eigenvalue weighted by Crippen LogP contribution is -2.24. The van der Waals surface area contributed by atoms with Crippen LogP contribution in [0.15, 0.2) is 40.9 Å². The van der Waals surface area contributed by atoms with Gasteiger partial charge in [0.05, 0.1) is 11.5 Å². The summed E-state index contributed by atoms with van der Waals surface area (Å²) in [5, 5.41) is 13.8. The molecule has 3 rings (SSSR count). The Bertz CT molecular complexity index is 792. The molecule has 0 atom stereocenters. The number of hydrogen-bond donors (Lipinski definition) is 1. The second-order valence-corrected chi connectivity index (χ2v) is 6.07. The number of rotatable bonds is 4. The molecule has 7 nitrogen and oxygen atoms in total. The van der Waals surface area contributed by atoms with E-state index in [2.05, 4.69) is 21.2 Å². The number of fused-ring (bicyclic) bond motifs is 1. The van der Waals surface area contributed by atoms with Crippen molar-refractivity contribution < 1.29 is 19.2 Å². The average Bonchev–Trinajstić information content (AvgIpc) is 2.59. The molecule has 2 aromatic carbocycles. The molecule has 124 valence electrons. The molecule has 0 fully saturated rings. The molecule has 0 saturated heterocycles. The van der Waals surface area contributed by atoms with Crippen molar-refractivity contribution in [3.63, 3.8) is 0 Å². The molecule has 0 aromatic heterocycles. The molecular formula is C16H13BrN2O5. The highest BCUT2D eigenvalue weighted by Gasteiger charge is 2.21. The minimum atomic E-state index is -0.477. The van der Waals surface area contributed by atoms with Crippen LogP contribution < -0.4 is 10.1 Å². The van der Waals surface area contributed by atoms with E-state index in [1.165, 1.54) is 12.1 Å². The summed E-state index contributed by atoms with van der Waals surface area (Å²) in [6, 6.07) is 9.75. The van der Waals surface area contributed by atoms with E-state index in [9.17, 15) is 14.9 Å². The molecule has 0 saturated carbocycles. The van der Waals surface area contributed by atoms with Crippen LogP contribution in [-0.4, -0.2) is 17.6 Å². The van der Waals surface area contributed by atoms with Crippen molar-refractivity contribution in [1.82, 2.24) is 5.32 Å². The first-order chi connectivity index (χ1) is 11.5. The van der Waals surface area contributed by atoms with Crippen LogP contribution in [0.4, 0.5) is 5.69 Å². The number of nitrogens with one attached hydrogen (secondary N) is 1. The molecule has 0 bridgehead atoms. The highest BCUT2D eigenvalue weighted by Crippen LogP contribution is 2.32. The predicted molar refractivity (Wildman–Crippen MR) is 88.7 cm³/mol. The Labute approximate surface area is 145 Å². The summed E-state index contributed by atoms with van der Waals surface area (Å²) in [7, 11) is 0. The van der Waals surface area contributed by atoms with E-state index >= 15 is 0 Å². The number of carbonyl (C=O) groups is 1. The predicted octanol–water partition coefficient (Wildman–Crippen LogP) is 3.15. The van der Waals surface area contributed by atoms with Gasteiger partial charge in [0.1, 0.15) is 5.75 Å². The Morgan fingerprint density at radius 3 is 2.75 bits per heavy atom. The number of nitro groups is 1. The van der Waals surface area contributed by atoms with Crippen LogP contribution in [0.3, 0.4) is 0 Å². The molecule has 1 heterocycles. The lowest BCUT2D eigenvalue weighted by Gasteiger charge is -2.20. The average molecular weight is 393 g/mol. The van der Waals surface area contributed by atoms with Gasteiger partial charge in [0, 0.05) is 39.8 Å². The van der Waals surface area contributed by atoms with Crippen molar-refractivity contribution in [3.05, 3.63) is 67.7 Å². The number of ether oxygens (including phenoxy) is 2. The number of nitro benzene ring substituents is 1. The zero-order valence-corrected chi connectivity index (χ0v) is 14.0. The number of nitrogens with zero attached hydrogens (tertiary/aromatic N) is 1. The van der Waals surface area contributed by atoms with Gasteiger partial charge in [-0.15, -0.1) is 0 Å². The highest BCUT2D eigenvalue weighted by molar-refractivity contribution is 9.10. The Balaban J connectivity index is 1.81. The largest absolute Gasteiger partial charge is 0.467 e. The molecule has 2 aromatic rings. The van der Waals surface area contributed by atoms with Crippen molar-refractivity contribution in [2.24, 2.45) is 0 Å². The van der Waals surface area contributed by atoms with Crippen LogP contribution in [0, 0.1) is 10.1 Å². The van der Waals surface area contributed by atoms with Crippen LogP contribution in [0.1, 0.15) is 21.5 Å². The van der Waals surface area contributed by atoms with Crippen molar-refractivity contribution in [1.29, 1.82) is 0 Å². The summed E-state index contributed by atoms with van der Waals surface area (Å²) < 4.78 is 11.5. The van der Waals surface area contributed by atoms with Crippen LogP contribution in [0.5, 0.6) is 5.75 Å². The topological polar surface area (TPSA) is 90.7 Å². The molecule has 24 heavy (non-hydrogen) atoms. The summed E-state index contributed by atoms with van der Waals surface area (Å²) in [5.41, 5.74) is 1.59. The Hall–Kier alpha value is -2.45. The van der Waals surface area contributed by atoms with Crippen molar-refractivity contribution >= 4 is 27.5 Å². The molecular weight excluding hydrogens is 380 g/mol. The Morgan fingerprint density at radius 1 is 1.29 bits per heavy atom. The van der Waals surface area contributed by atoms with E-state index in [0.29, 0.717) is 22.4 Å². The summed E-state index contributed by atoms with van der Waals surface area (Å²) >= 11 is 3.31. The van der Waals surface area contributed by atoms with E-state index in [4.69, 9.17) is 9.47 Å². The second-order valence-electron chi connectivity index (χ2n) is 5.15. The SMILES string of the molecule is O=C(NCc1cc([N+](=O)[O-])cc2c1OCOC2)c1ccc(Br)cc1. The van der Waals surface area contributed by atoms with Gasteiger partial charge < -0.3 is 14.8 Å². The van der Waals surface area contributed by atoms with E-state index in [1.54, 1.807) is 24.3 Å². The number of non-ortho nitro benzene ring substituents is 1. The first-order valence-electron chi connectivity index (χ1n) is 7.09. The number of benzene rings is 2. The molecule has 0 spiro atoms. The lowest BCUT2D eigenvalue weighted by molar-refractivity contribution is -0.385. The van der Waals surface area contributed by atoms with Crippen LogP contribution in [-0.2, 0) is 17.9 Å². The zero-order chi connectivity index (χ0) is 17.1. The molecule has 1 amide bonds. The molecule has 1 N–H and O–H groups in total. The van der Waals surface area contributed by atoms with Gasteiger partial charge in [-0.05, 0) is 24.3 Å². The lowest BCUT2D eigenvalue weighted by atomic mass is 10.1. The van der Waals surface area contributed by atoms with E-state index in [-0.39, 0.29) is 31.5 Å². The smallest absolute Gasteiger partial charge is 0.270 e. The van der Waals surface area contributed by atoms with E-state index in [1.807, 2.05) is 0 Å². The maximum absolute atomic E-state index is 12.2. The minimum absolute atomic E-state index is 0.0595. The molecule has 1 aliphatic rings. The first kappa shape index (κ1) is 16.4. The normalized spacial score (nSPS) is 12.9. The van der Waals surface area contributed by atoms with Crippen molar-refractivity contribution in [2.45, 2.75) is 13.2 Å². The van der Waals surface area contributed by atoms with Crippen LogP contribution in [0.2, 0.25) is 0 Å². The van der Waals surface area contributed by atoms with Crippen LogP contribution >= 0.6 is 15.9 Å². The highest BCUT2D eigenvalue weighted by atomic mass is 79.9. The quantitative estimate of drug-likeness (QED) is 0.637. The molecule has 0 radical (unpaired) electrons. The summed E-state index contributed by atoms with van der Waals surface area (Å²) in [4.78, 5) is 22.8. The third-order valence-electron chi connectivity index (χ3n) is 3.53. The summed E-state index contributed by atoms with van der Waals surface area (Å²) in [6.07, 6.45) is 0. The van der Waals surface area contributed by atoms with Gasteiger partial charge in [-0.1, -0.05) is 15.9 Å². The fourth-order valence-corrected chi connectivity index (χ4v) is 2.66. The third kappa shape index (κ3) is 3.55. The monoisotopic (exact) mass is 392 g/mol. The fraction of sp³-hybridized carbons (Fsp3) is 0.188. The fourth-order valence-electron chi connectivity index (χ4n) is 2.40. The van der Waals surface area contributed by atoms with Gasteiger partial charge in [-0.2, -0.15) is 0 Å². The van der Waals surface area contributed by atoms with Gasteiger partial charge in [-0.25, -0.2) is 0 Å². The van der Waals surface area contributed by atoms with Crippen molar-refractivity contribution in [3.8, 4) is 5.75 Å². The molecule has 0 unspecified atom stereocenters. The van der Waals surface area contributed by atoms with Gasteiger partial charge >= 0.3 is 0 Å². The minimum Gasteiger partial charge on any atom is -0.467 e. The zero-order valence-electron chi connectivity index (χ0n) is 12.5. The van der Waals surface area contributed by atoms with Crippen LogP contribution in [0.25, 0.3) is 0 Å². The molecule has 8 heteroatoms. The van der Waals surface area contributed by atoms with Gasteiger partial charge in [0.2, 0.25) is 0 Å². The Kier molecular flexibility index (Phi) is 4.77.